The van der Waals surface area contributed by atoms with Crippen molar-refractivity contribution in [3.63, 3.8) is 0 Å². The van der Waals surface area contributed by atoms with Crippen molar-refractivity contribution in [2.45, 2.75) is 0 Å². The zero-order chi connectivity index (χ0) is 10.8. The molecule has 0 atom stereocenters. The molecule has 0 saturated carbocycles. The van der Waals surface area contributed by atoms with E-state index >= 15 is 0 Å². The minimum absolute atomic E-state index is 0.137. The van der Waals surface area contributed by atoms with Gasteiger partial charge in [0.2, 0.25) is 5.76 Å². The summed E-state index contributed by atoms with van der Waals surface area (Å²) >= 11 is 0. The molecule has 2 heterocycles. The van der Waals surface area contributed by atoms with Gasteiger partial charge >= 0.3 is 5.97 Å². The summed E-state index contributed by atoms with van der Waals surface area (Å²) in [5.74, 6) is -0.611. The van der Waals surface area contributed by atoms with Gasteiger partial charge in [-0.05, 0) is 12.1 Å². The van der Waals surface area contributed by atoms with E-state index in [9.17, 15) is 4.79 Å². The number of nitrogens with zero attached hydrogens (tertiary/aromatic N) is 2. The van der Waals surface area contributed by atoms with Gasteiger partial charge in [-0.3, -0.25) is 0 Å². The lowest BCUT2D eigenvalue weighted by Crippen LogP contribution is -1.93. The maximum Gasteiger partial charge on any atom is 0.371 e. The largest absolute Gasteiger partial charge is 0.475 e. The molecule has 76 valence electrons. The molecule has 3 N–H and O–H groups in total. The van der Waals surface area contributed by atoms with E-state index in [0.29, 0.717) is 17.3 Å². The number of carboxylic acids is 1. The van der Waals surface area contributed by atoms with E-state index in [2.05, 4.69) is 9.97 Å². The highest BCUT2D eigenvalue weighted by Crippen LogP contribution is 2.20. The second kappa shape index (κ2) is 3.41. The summed E-state index contributed by atoms with van der Waals surface area (Å²) in [7, 11) is 0. The van der Waals surface area contributed by atoms with Crippen LogP contribution in [-0.2, 0) is 0 Å². The van der Waals surface area contributed by atoms with Gasteiger partial charge in [-0.2, -0.15) is 0 Å². The topological polar surface area (TPSA) is 102 Å². The van der Waals surface area contributed by atoms with Crippen molar-refractivity contribution in [1.29, 1.82) is 0 Å². The van der Waals surface area contributed by atoms with Crippen LogP contribution < -0.4 is 5.73 Å². The maximum absolute atomic E-state index is 10.6. The van der Waals surface area contributed by atoms with Gasteiger partial charge in [0, 0.05) is 6.07 Å². The van der Waals surface area contributed by atoms with E-state index in [1.54, 1.807) is 0 Å². The van der Waals surface area contributed by atoms with Crippen molar-refractivity contribution in [3.05, 3.63) is 30.3 Å². The summed E-state index contributed by atoms with van der Waals surface area (Å²) in [6.07, 6.45) is 1.29. The average molecular weight is 205 g/mol. The second-order valence-electron chi connectivity index (χ2n) is 2.80. The van der Waals surface area contributed by atoms with E-state index < -0.39 is 5.97 Å². The van der Waals surface area contributed by atoms with Crippen LogP contribution in [0.15, 0.2) is 28.9 Å². The molecule has 0 fully saturated rings. The normalized spacial score (nSPS) is 10.1. The van der Waals surface area contributed by atoms with E-state index in [1.165, 1.54) is 24.5 Å². The van der Waals surface area contributed by atoms with Crippen LogP contribution in [0.5, 0.6) is 0 Å². The van der Waals surface area contributed by atoms with Crippen molar-refractivity contribution in [1.82, 2.24) is 9.97 Å². The predicted molar refractivity (Wildman–Crippen MR) is 51.1 cm³/mol. The van der Waals surface area contributed by atoms with Crippen LogP contribution in [0.1, 0.15) is 10.6 Å². The zero-order valence-electron chi connectivity index (χ0n) is 7.54. The number of hydrogen-bond donors (Lipinski definition) is 2. The van der Waals surface area contributed by atoms with Crippen molar-refractivity contribution in [2.24, 2.45) is 0 Å². The van der Waals surface area contributed by atoms with Gasteiger partial charge in [0.1, 0.15) is 17.8 Å². The smallest absolute Gasteiger partial charge is 0.371 e. The van der Waals surface area contributed by atoms with Gasteiger partial charge in [0.05, 0.1) is 0 Å². The fourth-order valence-electron chi connectivity index (χ4n) is 1.10. The lowest BCUT2D eigenvalue weighted by Gasteiger charge is -1.95. The molecule has 6 nitrogen and oxygen atoms in total. The highest BCUT2D eigenvalue weighted by Gasteiger charge is 2.11. The lowest BCUT2D eigenvalue weighted by molar-refractivity contribution is 0.0663. The molecule has 6 heteroatoms. The Hall–Kier alpha value is -2.37. The van der Waals surface area contributed by atoms with Crippen LogP contribution in [0.4, 0.5) is 5.82 Å². The summed E-state index contributed by atoms with van der Waals surface area (Å²) in [6, 6.07) is 4.38. The molecule has 0 aromatic carbocycles. The molecule has 0 spiro atoms. The number of carbonyl (C=O) groups is 1. The molecule has 0 unspecified atom stereocenters. The van der Waals surface area contributed by atoms with Crippen molar-refractivity contribution < 1.29 is 14.3 Å². The summed E-state index contributed by atoms with van der Waals surface area (Å²) in [4.78, 5) is 18.2. The number of nitrogens with two attached hydrogens (primary N) is 1. The molecule has 0 saturated heterocycles. The number of anilines is 1. The minimum Gasteiger partial charge on any atom is -0.475 e. The van der Waals surface area contributed by atoms with Gasteiger partial charge in [-0.25, -0.2) is 14.8 Å². The first-order chi connectivity index (χ1) is 7.16. The maximum atomic E-state index is 10.6. The van der Waals surface area contributed by atoms with Crippen LogP contribution in [0.25, 0.3) is 11.5 Å². The lowest BCUT2D eigenvalue weighted by atomic mass is 10.3. The average Bonchev–Trinajstić information content (AvgIpc) is 2.66. The quantitative estimate of drug-likeness (QED) is 0.758. The first-order valence-corrected chi connectivity index (χ1v) is 4.08. The Balaban J connectivity index is 2.41. The Bertz CT molecular complexity index is 507. The molecule has 15 heavy (non-hydrogen) atoms. The van der Waals surface area contributed by atoms with Gasteiger partial charge in [0.15, 0.2) is 5.76 Å². The van der Waals surface area contributed by atoms with Gasteiger partial charge in [-0.1, -0.05) is 0 Å². The Morgan fingerprint density at radius 3 is 2.80 bits per heavy atom. The molecule has 0 aliphatic heterocycles. The number of hydrogen-bond acceptors (Lipinski definition) is 5. The third-order valence-electron chi connectivity index (χ3n) is 1.76. The SMILES string of the molecule is Nc1cc(-c2ccc(C(=O)O)o2)ncn1. The van der Waals surface area contributed by atoms with Crippen LogP contribution in [0, 0.1) is 0 Å². The monoisotopic (exact) mass is 205 g/mol. The molecule has 0 amide bonds. The molecule has 2 aromatic heterocycles. The summed E-state index contributed by atoms with van der Waals surface area (Å²) < 4.78 is 5.04. The minimum atomic E-state index is -1.12. The second-order valence-corrected chi connectivity index (χ2v) is 2.80. The van der Waals surface area contributed by atoms with Crippen LogP contribution >= 0.6 is 0 Å². The zero-order valence-corrected chi connectivity index (χ0v) is 7.54. The predicted octanol–water partition coefficient (Wildman–Crippen LogP) is 1.02. The number of aromatic nitrogens is 2. The molecule has 0 radical (unpaired) electrons. The van der Waals surface area contributed by atoms with Gasteiger partial charge in [-0.15, -0.1) is 0 Å². The highest BCUT2D eigenvalue weighted by molar-refractivity contribution is 5.85. The first-order valence-electron chi connectivity index (χ1n) is 4.08. The molecule has 0 aliphatic carbocycles. The molecule has 2 rings (SSSR count). The summed E-state index contributed by atoms with van der Waals surface area (Å²) in [6.45, 7) is 0. The van der Waals surface area contributed by atoms with Crippen LogP contribution in [0.2, 0.25) is 0 Å². The first kappa shape index (κ1) is 9.20. The molecule has 2 aromatic rings. The standard InChI is InChI=1S/C9H7N3O3/c10-8-3-5(11-4-12-8)6-1-2-7(15-6)9(13)14/h1-4H,(H,13,14)(H2,10,11,12). The Morgan fingerprint density at radius 2 is 2.20 bits per heavy atom. The number of aromatic carboxylic acids is 1. The Morgan fingerprint density at radius 1 is 1.40 bits per heavy atom. The van der Waals surface area contributed by atoms with Gasteiger partial charge < -0.3 is 15.3 Å². The third-order valence-corrected chi connectivity index (χ3v) is 1.76. The Kier molecular flexibility index (Phi) is 2.09. The third kappa shape index (κ3) is 1.78. The Labute approximate surface area is 84.4 Å². The fraction of sp³-hybridized carbons (Fsp3) is 0. The molecular formula is C9H7N3O3. The van der Waals surface area contributed by atoms with E-state index in [0.717, 1.165) is 0 Å². The fourth-order valence-corrected chi connectivity index (χ4v) is 1.10. The van der Waals surface area contributed by atoms with Crippen LogP contribution in [-0.4, -0.2) is 21.0 Å². The van der Waals surface area contributed by atoms with Crippen molar-refractivity contribution in [2.75, 3.05) is 5.73 Å². The number of furan rings is 1. The molecule has 0 aliphatic rings. The van der Waals surface area contributed by atoms with Crippen LogP contribution in [0.3, 0.4) is 0 Å². The number of carboxylic acid groups (broad SMARTS) is 1. The van der Waals surface area contributed by atoms with E-state index in [-0.39, 0.29) is 5.76 Å². The summed E-state index contributed by atoms with van der Waals surface area (Å²) in [5.41, 5.74) is 5.91. The highest BCUT2D eigenvalue weighted by atomic mass is 16.4. The van der Waals surface area contributed by atoms with Crippen molar-refractivity contribution >= 4 is 11.8 Å². The van der Waals surface area contributed by atoms with Crippen molar-refractivity contribution in [3.8, 4) is 11.5 Å². The van der Waals surface area contributed by atoms with E-state index in [4.69, 9.17) is 15.3 Å². The number of nitrogen functional groups attached to an aromatic ring is 1. The molecular weight excluding hydrogens is 198 g/mol. The van der Waals surface area contributed by atoms with Gasteiger partial charge in [0.25, 0.3) is 0 Å². The number of rotatable bonds is 2. The molecule has 0 bridgehead atoms. The summed E-state index contributed by atoms with van der Waals surface area (Å²) in [5, 5.41) is 8.65. The van der Waals surface area contributed by atoms with E-state index in [1.807, 2.05) is 0 Å².